The third-order valence-electron chi connectivity index (χ3n) is 5.71. The van der Waals surface area contributed by atoms with Crippen molar-refractivity contribution in [1.29, 1.82) is 0 Å². The van der Waals surface area contributed by atoms with Crippen LogP contribution in [0.15, 0.2) is 72.8 Å². The highest BCUT2D eigenvalue weighted by molar-refractivity contribution is 5.75. The Morgan fingerprint density at radius 2 is 1.81 bits per heavy atom. The summed E-state index contributed by atoms with van der Waals surface area (Å²) in [6.45, 7) is 4.45. The predicted octanol–water partition coefficient (Wildman–Crippen LogP) is 5.37. The van der Waals surface area contributed by atoms with Crippen LogP contribution in [0.4, 0.5) is 4.79 Å². The van der Waals surface area contributed by atoms with E-state index in [0.29, 0.717) is 6.54 Å². The molecule has 0 unspecified atom stereocenters. The summed E-state index contributed by atoms with van der Waals surface area (Å²) >= 11 is 0. The highest BCUT2D eigenvalue weighted by atomic mass is 16.6. The Hall–Kier alpha value is -3.60. The van der Waals surface area contributed by atoms with Crippen LogP contribution in [-0.2, 0) is 22.5 Å². The topological polar surface area (TPSA) is 66.8 Å². The van der Waals surface area contributed by atoms with Gasteiger partial charge in [-0.1, -0.05) is 78.4 Å². The van der Waals surface area contributed by atoms with Crippen molar-refractivity contribution in [3.05, 3.63) is 95.1 Å². The van der Waals surface area contributed by atoms with Crippen molar-refractivity contribution in [3.8, 4) is 11.1 Å². The maximum atomic E-state index is 12.7. The first kappa shape index (κ1) is 20.7. The highest BCUT2D eigenvalue weighted by Gasteiger charge is 2.39. The lowest BCUT2D eigenvalue weighted by Crippen LogP contribution is -2.31. The summed E-state index contributed by atoms with van der Waals surface area (Å²) in [4.78, 5) is 25.6. The molecule has 3 aromatic carbocycles. The average Bonchev–Trinajstić information content (AvgIpc) is 3.02. The van der Waals surface area contributed by atoms with Crippen LogP contribution in [0.5, 0.6) is 0 Å². The first-order chi connectivity index (χ1) is 14.9. The molecule has 0 saturated carbocycles. The molecule has 0 radical (unpaired) electrons. The molecule has 1 heterocycles. The van der Waals surface area contributed by atoms with E-state index in [1.54, 1.807) is 4.90 Å². The number of carboxylic acid groups (broad SMARTS) is 1. The summed E-state index contributed by atoms with van der Waals surface area (Å²) in [5.74, 6) is -0.859. The number of carbonyl (C=O) groups is 2. The summed E-state index contributed by atoms with van der Waals surface area (Å²) in [6.07, 6.45) is -0.655. The molecule has 4 rings (SSSR count). The number of carbonyl (C=O) groups excluding carboxylic acids is 1. The SMILES string of the molecule is Cc1ccc(-c2cccc(CC(=O)O)c2)c(CN2C(=O)O[C@H](c3ccccc3)[C@@H]2C)c1. The molecular weight excluding hydrogens is 390 g/mol. The minimum Gasteiger partial charge on any atom is -0.481 e. The fourth-order valence-corrected chi connectivity index (χ4v) is 4.14. The maximum Gasteiger partial charge on any atom is 0.411 e. The smallest absolute Gasteiger partial charge is 0.411 e. The van der Waals surface area contributed by atoms with Crippen LogP contribution in [0.2, 0.25) is 0 Å². The van der Waals surface area contributed by atoms with E-state index in [1.165, 1.54) is 0 Å². The summed E-state index contributed by atoms with van der Waals surface area (Å²) in [7, 11) is 0. The van der Waals surface area contributed by atoms with Gasteiger partial charge in [-0.15, -0.1) is 0 Å². The van der Waals surface area contributed by atoms with Gasteiger partial charge < -0.3 is 9.84 Å². The zero-order valence-corrected chi connectivity index (χ0v) is 17.6. The van der Waals surface area contributed by atoms with Gasteiger partial charge in [0, 0.05) is 0 Å². The number of rotatable bonds is 6. The minimum absolute atomic E-state index is 0.0245. The molecule has 1 N–H and O–H groups in total. The average molecular weight is 415 g/mol. The Bertz CT molecular complexity index is 1110. The summed E-state index contributed by atoms with van der Waals surface area (Å²) in [5.41, 5.74) is 5.76. The summed E-state index contributed by atoms with van der Waals surface area (Å²) in [6, 6.07) is 23.4. The lowest BCUT2D eigenvalue weighted by Gasteiger charge is -2.23. The molecule has 5 heteroatoms. The van der Waals surface area contributed by atoms with E-state index >= 15 is 0 Å². The Balaban J connectivity index is 1.64. The molecule has 1 amide bonds. The van der Waals surface area contributed by atoms with Crippen LogP contribution >= 0.6 is 0 Å². The van der Waals surface area contributed by atoms with Gasteiger partial charge in [0.25, 0.3) is 0 Å². The molecule has 158 valence electrons. The molecule has 0 spiro atoms. The van der Waals surface area contributed by atoms with Gasteiger partial charge in [0.05, 0.1) is 19.0 Å². The normalized spacial score (nSPS) is 18.1. The Labute approximate surface area is 181 Å². The van der Waals surface area contributed by atoms with E-state index < -0.39 is 5.97 Å². The van der Waals surface area contributed by atoms with E-state index in [2.05, 4.69) is 6.07 Å². The van der Waals surface area contributed by atoms with Gasteiger partial charge >= 0.3 is 12.1 Å². The lowest BCUT2D eigenvalue weighted by molar-refractivity contribution is -0.136. The van der Waals surface area contributed by atoms with E-state index in [4.69, 9.17) is 9.84 Å². The summed E-state index contributed by atoms with van der Waals surface area (Å²) in [5, 5.41) is 9.13. The number of carboxylic acids is 1. The second kappa shape index (κ2) is 8.64. The van der Waals surface area contributed by atoms with Crippen molar-refractivity contribution in [2.45, 2.75) is 39.0 Å². The zero-order chi connectivity index (χ0) is 22.0. The molecule has 31 heavy (non-hydrogen) atoms. The Morgan fingerprint density at radius 1 is 1.03 bits per heavy atom. The highest BCUT2D eigenvalue weighted by Crippen LogP contribution is 2.35. The summed E-state index contributed by atoms with van der Waals surface area (Å²) < 4.78 is 5.70. The van der Waals surface area contributed by atoms with E-state index in [0.717, 1.165) is 33.4 Å². The van der Waals surface area contributed by atoms with Crippen molar-refractivity contribution in [2.75, 3.05) is 0 Å². The lowest BCUT2D eigenvalue weighted by atomic mass is 9.95. The quantitative estimate of drug-likeness (QED) is 0.588. The van der Waals surface area contributed by atoms with Gasteiger partial charge in [-0.25, -0.2) is 4.79 Å². The van der Waals surface area contributed by atoms with E-state index in [-0.39, 0.29) is 24.7 Å². The second-order valence-electron chi connectivity index (χ2n) is 8.02. The van der Waals surface area contributed by atoms with Crippen LogP contribution in [0.25, 0.3) is 11.1 Å². The van der Waals surface area contributed by atoms with Crippen molar-refractivity contribution in [1.82, 2.24) is 4.90 Å². The van der Waals surface area contributed by atoms with Crippen molar-refractivity contribution < 1.29 is 19.4 Å². The second-order valence-corrected chi connectivity index (χ2v) is 8.02. The van der Waals surface area contributed by atoms with Crippen molar-refractivity contribution in [2.24, 2.45) is 0 Å². The molecule has 3 aromatic rings. The number of hydrogen-bond donors (Lipinski definition) is 1. The molecule has 0 bridgehead atoms. The molecular formula is C26H25NO4. The predicted molar refractivity (Wildman–Crippen MR) is 119 cm³/mol. The van der Waals surface area contributed by atoms with Gasteiger partial charge in [0.1, 0.15) is 6.10 Å². The van der Waals surface area contributed by atoms with Gasteiger partial charge in [0.2, 0.25) is 0 Å². The first-order valence-electron chi connectivity index (χ1n) is 10.3. The number of hydrogen-bond acceptors (Lipinski definition) is 3. The van der Waals surface area contributed by atoms with Crippen LogP contribution in [0.3, 0.4) is 0 Å². The fourth-order valence-electron chi connectivity index (χ4n) is 4.14. The zero-order valence-electron chi connectivity index (χ0n) is 17.6. The van der Waals surface area contributed by atoms with E-state index in [9.17, 15) is 9.59 Å². The monoisotopic (exact) mass is 415 g/mol. The van der Waals surface area contributed by atoms with Crippen LogP contribution in [-0.4, -0.2) is 28.1 Å². The number of ether oxygens (including phenoxy) is 1. The van der Waals surface area contributed by atoms with E-state index in [1.807, 2.05) is 80.6 Å². The number of nitrogens with zero attached hydrogens (tertiary/aromatic N) is 1. The third kappa shape index (κ3) is 4.45. The molecule has 1 aliphatic rings. The molecule has 0 aromatic heterocycles. The Kier molecular flexibility index (Phi) is 5.76. The maximum absolute atomic E-state index is 12.7. The number of benzene rings is 3. The number of aryl methyl sites for hydroxylation is 1. The Morgan fingerprint density at radius 3 is 2.55 bits per heavy atom. The molecule has 0 aliphatic carbocycles. The molecule has 5 nitrogen and oxygen atoms in total. The molecule has 1 fully saturated rings. The van der Waals surface area contributed by atoms with Crippen molar-refractivity contribution >= 4 is 12.1 Å². The van der Waals surface area contributed by atoms with Crippen LogP contribution in [0, 0.1) is 6.92 Å². The van der Waals surface area contributed by atoms with Crippen LogP contribution < -0.4 is 0 Å². The molecule has 2 atom stereocenters. The van der Waals surface area contributed by atoms with Crippen LogP contribution in [0.1, 0.15) is 35.3 Å². The van der Waals surface area contributed by atoms with Gasteiger partial charge in [0.15, 0.2) is 0 Å². The number of amides is 1. The van der Waals surface area contributed by atoms with Gasteiger partial charge in [-0.05, 0) is 41.7 Å². The minimum atomic E-state index is -0.859. The molecule has 1 aliphatic heterocycles. The number of aliphatic carboxylic acids is 1. The largest absolute Gasteiger partial charge is 0.481 e. The van der Waals surface area contributed by atoms with Gasteiger partial charge in [-0.3, -0.25) is 9.69 Å². The standard InChI is InChI=1S/C26H25NO4/c1-17-11-12-23(21-10-6-7-19(14-21)15-24(28)29)22(13-17)16-27-18(2)25(31-26(27)30)20-8-4-3-5-9-20/h3-14,18,25H,15-16H2,1-2H3,(H,28,29)/t18-,25-/m0/s1. The third-order valence-corrected chi connectivity index (χ3v) is 5.71. The first-order valence-corrected chi connectivity index (χ1v) is 10.3. The fraction of sp³-hybridized carbons (Fsp3) is 0.231. The number of cyclic esters (lactones) is 1. The van der Waals surface area contributed by atoms with Gasteiger partial charge in [-0.2, -0.15) is 0 Å². The van der Waals surface area contributed by atoms with Crippen molar-refractivity contribution in [3.63, 3.8) is 0 Å². The molecule has 1 saturated heterocycles.